The van der Waals surface area contributed by atoms with Gasteiger partial charge in [-0.25, -0.2) is 0 Å². The van der Waals surface area contributed by atoms with Gasteiger partial charge in [0.05, 0.1) is 12.3 Å². The van der Waals surface area contributed by atoms with Crippen molar-refractivity contribution < 1.29 is 4.74 Å². The minimum absolute atomic E-state index is 0.609. The summed E-state index contributed by atoms with van der Waals surface area (Å²) in [7, 11) is 0. The molecule has 1 saturated heterocycles. The van der Waals surface area contributed by atoms with Gasteiger partial charge in [-0.05, 0) is 42.9 Å². The topological polar surface area (TPSA) is 65.9 Å². The first kappa shape index (κ1) is 18.6. The summed E-state index contributed by atoms with van der Waals surface area (Å²) in [5, 5.41) is 5.24. The molecule has 2 aliphatic rings. The van der Waals surface area contributed by atoms with Crippen LogP contribution in [0, 0.1) is 6.92 Å². The number of hydrogen-bond acceptors (Lipinski definition) is 6. The third-order valence-electron chi connectivity index (χ3n) is 5.09. The fourth-order valence-electron chi connectivity index (χ4n) is 3.49. The van der Waals surface area contributed by atoms with Crippen molar-refractivity contribution >= 4 is 28.7 Å². The molecule has 1 fully saturated rings. The van der Waals surface area contributed by atoms with Crippen LogP contribution in [0.1, 0.15) is 17.7 Å². The Kier molecular flexibility index (Phi) is 5.66. The maximum Gasteiger partial charge on any atom is 0.189 e. The Labute approximate surface area is 170 Å². The van der Waals surface area contributed by atoms with Gasteiger partial charge in [-0.3, -0.25) is 15.4 Å². The predicted molar refractivity (Wildman–Crippen MR) is 114 cm³/mol. The van der Waals surface area contributed by atoms with Gasteiger partial charge in [0.1, 0.15) is 5.75 Å². The summed E-state index contributed by atoms with van der Waals surface area (Å²) in [6.07, 6.45) is 6.93. The summed E-state index contributed by atoms with van der Waals surface area (Å²) in [5.74, 6) is 0.891. The molecular weight excluding hydrogens is 372 g/mol. The molecule has 28 heavy (non-hydrogen) atoms. The molecule has 0 bridgehead atoms. The van der Waals surface area contributed by atoms with Crippen molar-refractivity contribution in [3.63, 3.8) is 0 Å². The molecule has 0 saturated carbocycles. The molecule has 0 aromatic carbocycles. The molecule has 146 valence electrons. The quantitative estimate of drug-likeness (QED) is 0.616. The Morgan fingerprint density at radius 1 is 1.14 bits per heavy atom. The van der Waals surface area contributed by atoms with Crippen molar-refractivity contribution in [3.8, 4) is 5.75 Å². The summed E-state index contributed by atoms with van der Waals surface area (Å²) in [5.41, 5.74) is 7.35. The molecule has 4 rings (SSSR count). The molecule has 0 atom stereocenters. The molecule has 0 aliphatic carbocycles. The zero-order chi connectivity index (χ0) is 19.3. The fourth-order valence-corrected chi connectivity index (χ4v) is 3.72. The van der Waals surface area contributed by atoms with Crippen LogP contribution in [0.5, 0.6) is 5.75 Å². The number of hydrazone groups is 1. The summed E-state index contributed by atoms with van der Waals surface area (Å²) < 4.78 is 5.86. The van der Waals surface area contributed by atoms with Crippen LogP contribution in [-0.4, -0.2) is 58.5 Å². The van der Waals surface area contributed by atoms with Crippen molar-refractivity contribution in [3.05, 3.63) is 48.0 Å². The van der Waals surface area contributed by atoms with E-state index in [1.165, 1.54) is 5.69 Å². The zero-order valence-corrected chi connectivity index (χ0v) is 16.8. The molecular formula is C20H24N6OS. The van der Waals surface area contributed by atoms with Crippen LogP contribution in [0.15, 0.2) is 41.9 Å². The highest BCUT2D eigenvalue weighted by molar-refractivity contribution is 7.80. The largest absolute Gasteiger partial charge is 0.491 e. The van der Waals surface area contributed by atoms with E-state index in [1.54, 1.807) is 0 Å². The van der Waals surface area contributed by atoms with Gasteiger partial charge in [0.2, 0.25) is 0 Å². The third-order valence-corrected chi connectivity index (χ3v) is 5.44. The Morgan fingerprint density at radius 3 is 2.71 bits per heavy atom. The van der Waals surface area contributed by atoms with E-state index in [1.807, 2.05) is 43.7 Å². The molecule has 0 spiro atoms. The van der Waals surface area contributed by atoms with Gasteiger partial charge in [0, 0.05) is 69.0 Å². The van der Waals surface area contributed by atoms with Gasteiger partial charge in [0.25, 0.3) is 0 Å². The summed E-state index contributed by atoms with van der Waals surface area (Å²) in [4.78, 5) is 13.1. The Bertz CT molecular complexity index is 864. The standard InChI is InChI=1S/C20H24N6OS/c1-15-2-8-22-18-14-16(5-13-27-19(15)18)23-24-20(28)26-11-9-25(10-12-26)17-3-6-21-7-4-17/h2-4,6-8H,5,9-14H2,1H3,(H,24,28)/b23-16-. The lowest BCUT2D eigenvalue weighted by Crippen LogP contribution is -2.51. The number of ether oxygens (including phenoxy) is 1. The van der Waals surface area contributed by atoms with Gasteiger partial charge < -0.3 is 14.5 Å². The summed E-state index contributed by atoms with van der Waals surface area (Å²) in [6.45, 7) is 6.23. The first-order chi connectivity index (χ1) is 13.7. The maximum absolute atomic E-state index is 5.86. The smallest absolute Gasteiger partial charge is 0.189 e. The normalized spacial score (nSPS) is 18.2. The monoisotopic (exact) mass is 396 g/mol. The number of nitrogens with zero attached hydrogens (tertiary/aromatic N) is 5. The van der Waals surface area contributed by atoms with Crippen LogP contribution in [0.4, 0.5) is 5.69 Å². The fraction of sp³-hybridized carbons (Fsp3) is 0.400. The highest BCUT2D eigenvalue weighted by atomic mass is 32.1. The average Bonchev–Trinajstić information content (AvgIpc) is 2.96. The van der Waals surface area contributed by atoms with Gasteiger partial charge in [0.15, 0.2) is 5.11 Å². The van der Waals surface area contributed by atoms with E-state index in [9.17, 15) is 0 Å². The van der Waals surface area contributed by atoms with Crippen molar-refractivity contribution in [2.24, 2.45) is 5.10 Å². The first-order valence-corrected chi connectivity index (χ1v) is 9.94. The molecule has 0 amide bonds. The van der Waals surface area contributed by atoms with Crippen molar-refractivity contribution in [2.75, 3.05) is 37.7 Å². The molecule has 2 aliphatic heterocycles. The minimum Gasteiger partial charge on any atom is -0.491 e. The molecule has 1 N–H and O–H groups in total. The number of nitrogens with one attached hydrogen (secondary N) is 1. The van der Waals surface area contributed by atoms with E-state index in [2.05, 4.69) is 30.3 Å². The number of aromatic nitrogens is 2. The Balaban J connectivity index is 1.33. The van der Waals surface area contributed by atoms with Crippen LogP contribution in [0.25, 0.3) is 0 Å². The molecule has 0 radical (unpaired) electrons. The lowest BCUT2D eigenvalue weighted by atomic mass is 10.1. The lowest BCUT2D eigenvalue weighted by Gasteiger charge is -2.36. The number of pyridine rings is 2. The van der Waals surface area contributed by atoms with Gasteiger partial charge >= 0.3 is 0 Å². The van der Waals surface area contributed by atoms with E-state index in [4.69, 9.17) is 17.0 Å². The number of hydrogen-bond donors (Lipinski definition) is 1. The number of aryl methyl sites for hydroxylation is 1. The number of thiocarbonyl (C=S) groups is 1. The summed E-state index contributed by atoms with van der Waals surface area (Å²) in [6, 6.07) is 6.06. The van der Waals surface area contributed by atoms with Gasteiger partial charge in [-0.15, -0.1) is 0 Å². The van der Waals surface area contributed by atoms with E-state index in [-0.39, 0.29) is 0 Å². The highest BCUT2D eigenvalue weighted by Crippen LogP contribution is 2.25. The second kappa shape index (κ2) is 8.52. The minimum atomic E-state index is 0.609. The van der Waals surface area contributed by atoms with Gasteiger partial charge in [-0.1, -0.05) is 0 Å². The number of anilines is 1. The van der Waals surface area contributed by atoms with Gasteiger partial charge in [-0.2, -0.15) is 5.10 Å². The summed E-state index contributed by atoms with van der Waals surface area (Å²) >= 11 is 5.56. The van der Waals surface area contributed by atoms with Crippen molar-refractivity contribution in [2.45, 2.75) is 19.8 Å². The van der Waals surface area contributed by atoms with Crippen molar-refractivity contribution in [1.82, 2.24) is 20.3 Å². The predicted octanol–water partition coefficient (Wildman–Crippen LogP) is 2.16. The second-order valence-corrected chi connectivity index (χ2v) is 7.34. The van der Waals surface area contributed by atoms with E-state index < -0.39 is 0 Å². The average molecular weight is 397 g/mol. The Hall–Kier alpha value is -2.74. The van der Waals surface area contributed by atoms with Crippen LogP contribution in [-0.2, 0) is 6.42 Å². The maximum atomic E-state index is 5.86. The van der Waals surface area contributed by atoms with Crippen LogP contribution >= 0.6 is 12.2 Å². The van der Waals surface area contributed by atoms with Crippen LogP contribution in [0.2, 0.25) is 0 Å². The molecule has 0 unspecified atom stereocenters. The SMILES string of the molecule is Cc1ccnc2c1OCC/C(=N/NC(=S)N1CCN(c3ccncc3)CC1)C2. The number of piperazine rings is 1. The van der Waals surface area contributed by atoms with E-state index in [0.29, 0.717) is 18.1 Å². The highest BCUT2D eigenvalue weighted by Gasteiger charge is 2.20. The van der Waals surface area contributed by atoms with Crippen LogP contribution < -0.4 is 15.1 Å². The molecule has 7 nitrogen and oxygen atoms in total. The van der Waals surface area contributed by atoms with Crippen molar-refractivity contribution in [1.29, 1.82) is 0 Å². The van der Waals surface area contributed by atoms with E-state index >= 15 is 0 Å². The second-order valence-electron chi connectivity index (χ2n) is 6.95. The van der Waals surface area contributed by atoms with Crippen LogP contribution in [0.3, 0.4) is 0 Å². The molecule has 2 aromatic heterocycles. The first-order valence-electron chi connectivity index (χ1n) is 9.53. The number of fused-ring (bicyclic) bond motifs is 1. The number of rotatable bonds is 2. The lowest BCUT2D eigenvalue weighted by molar-refractivity contribution is 0.327. The van der Waals surface area contributed by atoms with E-state index in [0.717, 1.165) is 55.3 Å². The Morgan fingerprint density at radius 2 is 1.93 bits per heavy atom. The molecule has 4 heterocycles. The molecule has 8 heteroatoms. The third kappa shape index (κ3) is 4.22. The molecule has 2 aromatic rings. The zero-order valence-electron chi connectivity index (χ0n) is 16.0.